The molecule has 0 N–H and O–H groups in total. The molecule has 0 bridgehead atoms. The van der Waals surface area contributed by atoms with Gasteiger partial charge in [-0.05, 0) is 64.0 Å². The zero-order valence-electron chi connectivity index (χ0n) is 19.5. The second-order valence-electron chi connectivity index (χ2n) is 9.84. The summed E-state index contributed by atoms with van der Waals surface area (Å²) in [5.74, 6) is 0.265. The van der Waals surface area contributed by atoms with Crippen molar-refractivity contribution < 1.29 is 14.3 Å². The highest BCUT2D eigenvalue weighted by Gasteiger charge is 2.31. The number of rotatable bonds is 3. The number of hydrogen-bond acceptors (Lipinski definition) is 5. The maximum atomic E-state index is 13.2. The minimum atomic E-state index is -0.483. The topological polar surface area (TPSA) is 62.7 Å². The molecule has 0 saturated carbocycles. The van der Waals surface area contributed by atoms with E-state index in [-0.39, 0.29) is 24.0 Å². The first-order valence-corrected chi connectivity index (χ1v) is 12.4. The number of fused-ring (bicyclic) bond motifs is 1. The Morgan fingerprint density at radius 3 is 2.59 bits per heavy atom. The van der Waals surface area contributed by atoms with Gasteiger partial charge in [-0.25, -0.2) is 9.78 Å². The van der Waals surface area contributed by atoms with Crippen LogP contribution in [0.25, 0.3) is 0 Å². The first-order valence-electron chi connectivity index (χ1n) is 11.5. The molecule has 1 atom stereocenters. The summed E-state index contributed by atoms with van der Waals surface area (Å²) in [6.45, 7) is 6.96. The SMILES string of the molecule is CN(C(=O)c1csc(C2CCN(C(=O)OC(C)(C)C)CC2)n1)[C@@H]1CCCc2ccccc21. The first kappa shape index (κ1) is 22.8. The molecule has 1 fully saturated rings. The number of nitrogens with zero attached hydrogens (tertiary/aromatic N) is 3. The van der Waals surface area contributed by atoms with Crippen LogP contribution in [0.1, 0.15) is 85.0 Å². The van der Waals surface area contributed by atoms with Gasteiger partial charge >= 0.3 is 6.09 Å². The predicted octanol–water partition coefficient (Wildman–Crippen LogP) is 5.41. The fourth-order valence-corrected chi connectivity index (χ4v) is 5.63. The fourth-order valence-electron chi connectivity index (χ4n) is 4.66. The monoisotopic (exact) mass is 455 g/mol. The third-order valence-electron chi connectivity index (χ3n) is 6.36. The molecule has 0 spiro atoms. The lowest BCUT2D eigenvalue weighted by Gasteiger charge is -2.33. The van der Waals surface area contributed by atoms with Crippen LogP contribution in [0.15, 0.2) is 29.6 Å². The van der Waals surface area contributed by atoms with E-state index in [0.29, 0.717) is 18.8 Å². The van der Waals surface area contributed by atoms with Gasteiger partial charge in [-0.3, -0.25) is 4.79 Å². The number of likely N-dealkylation sites (tertiary alicyclic amines) is 1. The molecule has 2 aliphatic rings. The van der Waals surface area contributed by atoms with Crippen LogP contribution in [0.2, 0.25) is 0 Å². The number of benzene rings is 1. The highest BCUT2D eigenvalue weighted by atomic mass is 32.1. The molecule has 4 rings (SSSR count). The maximum Gasteiger partial charge on any atom is 0.410 e. The van der Waals surface area contributed by atoms with Gasteiger partial charge in [0.1, 0.15) is 11.3 Å². The molecule has 2 aromatic rings. The number of aromatic nitrogens is 1. The van der Waals surface area contributed by atoms with Gasteiger partial charge in [0.25, 0.3) is 5.91 Å². The van der Waals surface area contributed by atoms with Crippen molar-refractivity contribution in [3.8, 4) is 0 Å². The number of amides is 2. The molecule has 32 heavy (non-hydrogen) atoms. The zero-order chi connectivity index (χ0) is 22.9. The largest absolute Gasteiger partial charge is 0.444 e. The summed E-state index contributed by atoms with van der Waals surface area (Å²) in [5.41, 5.74) is 2.66. The van der Waals surface area contributed by atoms with E-state index in [1.807, 2.05) is 38.1 Å². The van der Waals surface area contributed by atoms with Crippen LogP contribution in [0.5, 0.6) is 0 Å². The molecule has 172 valence electrons. The van der Waals surface area contributed by atoms with E-state index in [9.17, 15) is 9.59 Å². The Hall–Kier alpha value is -2.41. The lowest BCUT2D eigenvalue weighted by molar-refractivity contribution is 0.0204. The Bertz CT molecular complexity index is 973. The van der Waals surface area contributed by atoms with Gasteiger partial charge in [0.15, 0.2) is 0 Å². The van der Waals surface area contributed by atoms with Gasteiger partial charge in [-0.1, -0.05) is 24.3 Å². The average Bonchev–Trinajstić information content (AvgIpc) is 3.27. The quantitative estimate of drug-likeness (QED) is 0.621. The normalized spacial score (nSPS) is 19.4. The second-order valence-corrected chi connectivity index (χ2v) is 10.7. The standard InChI is InChI=1S/C25H33N3O3S/c1-25(2,3)31-24(30)28-14-12-18(13-15-28)22-26-20(16-32-22)23(29)27(4)21-11-7-9-17-8-5-6-10-19(17)21/h5-6,8,10,16,18,21H,7,9,11-15H2,1-4H3/t21-/m1/s1. The maximum absolute atomic E-state index is 13.2. The van der Waals surface area contributed by atoms with Gasteiger partial charge in [-0.2, -0.15) is 0 Å². The van der Waals surface area contributed by atoms with Crippen molar-refractivity contribution >= 4 is 23.3 Å². The van der Waals surface area contributed by atoms with E-state index >= 15 is 0 Å². The minimum absolute atomic E-state index is 0.0135. The number of carbonyl (C=O) groups is 2. The van der Waals surface area contributed by atoms with Crippen molar-refractivity contribution in [2.24, 2.45) is 0 Å². The molecule has 1 aliphatic heterocycles. The Morgan fingerprint density at radius 2 is 1.88 bits per heavy atom. The molecule has 2 amide bonds. The van der Waals surface area contributed by atoms with Crippen molar-refractivity contribution in [1.82, 2.24) is 14.8 Å². The smallest absolute Gasteiger partial charge is 0.410 e. The van der Waals surface area contributed by atoms with E-state index in [4.69, 9.17) is 9.72 Å². The molecule has 1 saturated heterocycles. The summed E-state index contributed by atoms with van der Waals surface area (Å²) in [5, 5.41) is 2.89. The molecular formula is C25H33N3O3S. The Kier molecular flexibility index (Phi) is 6.56. The van der Waals surface area contributed by atoms with Gasteiger partial charge < -0.3 is 14.5 Å². The summed E-state index contributed by atoms with van der Waals surface area (Å²) in [6.07, 6.45) is 4.59. The van der Waals surface area contributed by atoms with E-state index < -0.39 is 5.60 Å². The van der Waals surface area contributed by atoms with Crippen LogP contribution < -0.4 is 0 Å². The molecule has 1 aromatic heterocycles. The van der Waals surface area contributed by atoms with Crippen LogP contribution in [0, 0.1) is 0 Å². The van der Waals surface area contributed by atoms with Crippen molar-refractivity contribution in [2.75, 3.05) is 20.1 Å². The van der Waals surface area contributed by atoms with Gasteiger partial charge in [0.05, 0.1) is 11.0 Å². The number of thiazole rings is 1. The molecule has 2 heterocycles. The number of ether oxygens (including phenoxy) is 1. The minimum Gasteiger partial charge on any atom is -0.444 e. The van der Waals surface area contributed by atoms with E-state index in [0.717, 1.165) is 37.1 Å². The van der Waals surface area contributed by atoms with Crippen molar-refractivity contribution in [2.45, 2.75) is 70.4 Å². The Balaban J connectivity index is 1.38. The average molecular weight is 456 g/mol. The van der Waals surface area contributed by atoms with Crippen LogP contribution in [-0.2, 0) is 11.2 Å². The fraction of sp³-hybridized carbons (Fsp3) is 0.560. The van der Waals surface area contributed by atoms with Crippen molar-refractivity contribution in [1.29, 1.82) is 0 Å². The van der Waals surface area contributed by atoms with E-state index in [1.54, 1.807) is 16.2 Å². The third kappa shape index (κ3) is 4.98. The summed E-state index contributed by atoms with van der Waals surface area (Å²) in [4.78, 5) is 33.9. The number of carbonyl (C=O) groups excluding carboxylic acids is 2. The van der Waals surface area contributed by atoms with Crippen LogP contribution >= 0.6 is 11.3 Å². The summed E-state index contributed by atoms with van der Waals surface area (Å²) < 4.78 is 5.49. The lowest BCUT2D eigenvalue weighted by atomic mass is 9.87. The molecule has 1 aromatic carbocycles. The molecular weight excluding hydrogens is 422 g/mol. The van der Waals surface area contributed by atoms with Crippen LogP contribution in [0.4, 0.5) is 4.79 Å². The van der Waals surface area contributed by atoms with Gasteiger partial charge in [0, 0.05) is 31.4 Å². The van der Waals surface area contributed by atoms with Crippen molar-refractivity contribution in [3.63, 3.8) is 0 Å². The number of piperidine rings is 1. The Labute approximate surface area is 194 Å². The Morgan fingerprint density at radius 1 is 1.16 bits per heavy atom. The summed E-state index contributed by atoms with van der Waals surface area (Å²) in [7, 11) is 1.90. The highest BCUT2D eigenvalue weighted by Crippen LogP contribution is 2.35. The third-order valence-corrected chi connectivity index (χ3v) is 7.37. The second kappa shape index (κ2) is 9.22. The predicted molar refractivity (Wildman–Crippen MR) is 126 cm³/mol. The first-order chi connectivity index (χ1) is 15.2. The summed E-state index contributed by atoms with van der Waals surface area (Å²) >= 11 is 1.56. The van der Waals surface area contributed by atoms with Crippen LogP contribution in [0.3, 0.4) is 0 Å². The zero-order valence-corrected chi connectivity index (χ0v) is 20.3. The molecule has 0 radical (unpaired) electrons. The number of hydrogen-bond donors (Lipinski definition) is 0. The van der Waals surface area contributed by atoms with Gasteiger partial charge in [-0.15, -0.1) is 11.3 Å². The van der Waals surface area contributed by atoms with E-state index in [2.05, 4.69) is 24.3 Å². The van der Waals surface area contributed by atoms with Crippen LogP contribution in [-0.4, -0.2) is 52.5 Å². The summed E-state index contributed by atoms with van der Waals surface area (Å²) in [6, 6.07) is 8.55. The molecule has 1 aliphatic carbocycles. The van der Waals surface area contributed by atoms with Crippen molar-refractivity contribution in [3.05, 3.63) is 51.5 Å². The highest BCUT2D eigenvalue weighted by molar-refractivity contribution is 7.09. The number of aryl methyl sites for hydroxylation is 1. The lowest BCUT2D eigenvalue weighted by Crippen LogP contribution is -2.41. The van der Waals surface area contributed by atoms with Gasteiger partial charge in [0.2, 0.25) is 0 Å². The molecule has 7 heteroatoms. The van der Waals surface area contributed by atoms with E-state index in [1.165, 1.54) is 11.1 Å². The molecule has 6 nitrogen and oxygen atoms in total. The molecule has 0 unspecified atom stereocenters.